The largest absolute Gasteiger partial charge is 0.471 e. The van der Waals surface area contributed by atoms with Crippen LogP contribution in [-0.2, 0) is 11.3 Å². The lowest BCUT2D eigenvalue weighted by Crippen LogP contribution is -2.34. The zero-order valence-electron chi connectivity index (χ0n) is 10.3. The Morgan fingerprint density at radius 3 is 2.58 bits per heavy atom. The number of alkyl halides is 4. The summed E-state index contributed by atoms with van der Waals surface area (Å²) in [5, 5.41) is 2.66. The molecule has 0 saturated carbocycles. The van der Waals surface area contributed by atoms with Gasteiger partial charge in [-0.2, -0.15) is 13.8 Å². The van der Waals surface area contributed by atoms with E-state index in [1.807, 2.05) is 0 Å². The average Bonchev–Trinajstić information content (AvgIpc) is 2.36. The number of hydrogen-bond donors (Lipinski definition) is 1. The zero-order chi connectivity index (χ0) is 14.5. The molecule has 0 spiro atoms. The molecule has 108 valence electrons. The molecule has 1 rings (SSSR count). The fourth-order valence-corrected chi connectivity index (χ4v) is 1.10. The summed E-state index contributed by atoms with van der Waals surface area (Å²) < 4.78 is 58.7. The van der Waals surface area contributed by atoms with E-state index in [4.69, 9.17) is 4.74 Å². The minimum absolute atomic E-state index is 0.0388. The number of halogens is 4. The van der Waals surface area contributed by atoms with Crippen molar-refractivity contribution in [3.63, 3.8) is 0 Å². The number of methoxy groups -OCH3 is 1. The maximum Gasteiger partial charge on any atom is 0.340 e. The van der Waals surface area contributed by atoms with Crippen molar-refractivity contribution in [2.75, 3.05) is 26.1 Å². The lowest BCUT2D eigenvalue weighted by molar-refractivity contribution is -0.148. The Kier molecular flexibility index (Phi) is 5.28. The molecule has 0 atom stereocenters. The molecule has 1 aromatic rings. The molecule has 1 aromatic heterocycles. The molecular weight excluding hydrogens is 270 g/mol. The predicted octanol–water partition coefficient (Wildman–Crippen LogP) is 1.94. The molecule has 1 N–H and O–H groups in total. The van der Waals surface area contributed by atoms with Crippen LogP contribution in [0.4, 0.5) is 23.4 Å². The Morgan fingerprint density at radius 2 is 2.05 bits per heavy atom. The van der Waals surface area contributed by atoms with Gasteiger partial charge in [-0.3, -0.25) is 0 Å². The van der Waals surface area contributed by atoms with Gasteiger partial charge in [0.05, 0.1) is 0 Å². The van der Waals surface area contributed by atoms with Gasteiger partial charge in [-0.05, 0) is 0 Å². The van der Waals surface area contributed by atoms with Crippen molar-refractivity contribution in [1.82, 2.24) is 9.97 Å². The molecule has 0 amide bonds. The van der Waals surface area contributed by atoms with Crippen molar-refractivity contribution in [3.05, 3.63) is 11.9 Å². The van der Waals surface area contributed by atoms with E-state index < -0.39 is 19.0 Å². The van der Waals surface area contributed by atoms with Gasteiger partial charge in [-0.25, -0.2) is 13.8 Å². The molecule has 0 fully saturated rings. The van der Waals surface area contributed by atoms with Gasteiger partial charge >= 0.3 is 12.3 Å². The van der Waals surface area contributed by atoms with Gasteiger partial charge < -0.3 is 14.8 Å². The summed E-state index contributed by atoms with van der Waals surface area (Å²) in [7, 11) is 2.96. The molecule has 0 aliphatic rings. The smallest absolute Gasteiger partial charge is 0.340 e. The number of nitrogens with zero attached hydrogens (tertiary/aromatic N) is 2. The number of aromatic nitrogens is 2. The second-order valence-corrected chi connectivity index (χ2v) is 3.54. The van der Waals surface area contributed by atoms with Crippen molar-refractivity contribution in [2.24, 2.45) is 0 Å². The summed E-state index contributed by atoms with van der Waals surface area (Å²) in [6, 6.07) is 1.22. The van der Waals surface area contributed by atoms with Gasteiger partial charge in [0.15, 0.2) is 12.4 Å². The van der Waals surface area contributed by atoms with E-state index in [9.17, 15) is 17.6 Å². The first-order valence-corrected chi connectivity index (χ1v) is 5.22. The normalized spacial score (nSPS) is 11.7. The zero-order valence-corrected chi connectivity index (χ0v) is 10.3. The van der Waals surface area contributed by atoms with E-state index in [0.717, 1.165) is 0 Å². The summed E-state index contributed by atoms with van der Waals surface area (Å²) >= 11 is 0. The van der Waals surface area contributed by atoms with Crippen molar-refractivity contribution in [1.29, 1.82) is 0 Å². The summed E-state index contributed by atoms with van der Waals surface area (Å²) in [4.78, 5) is 7.72. The molecule has 9 heteroatoms. The minimum Gasteiger partial charge on any atom is -0.471 e. The van der Waals surface area contributed by atoms with E-state index in [2.05, 4.69) is 20.0 Å². The van der Waals surface area contributed by atoms with Gasteiger partial charge in [0.25, 0.3) is 0 Å². The lowest BCUT2D eigenvalue weighted by atomic mass is 10.4. The molecule has 0 aromatic carbocycles. The van der Waals surface area contributed by atoms with Crippen LogP contribution < -0.4 is 10.1 Å². The molecule has 0 unspecified atom stereocenters. The van der Waals surface area contributed by atoms with Gasteiger partial charge in [0, 0.05) is 20.2 Å². The van der Waals surface area contributed by atoms with E-state index in [1.165, 1.54) is 13.2 Å². The SMILES string of the molecule is CNc1cc(OCC(F)(F)C(F)F)nc(COC)n1. The van der Waals surface area contributed by atoms with Crippen molar-refractivity contribution in [2.45, 2.75) is 19.0 Å². The summed E-state index contributed by atoms with van der Waals surface area (Å²) in [6.07, 6.45) is -3.79. The van der Waals surface area contributed by atoms with Crippen LogP contribution in [0.3, 0.4) is 0 Å². The molecule has 0 bridgehead atoms. The van der Waals surface area contributed by atoms with Crippen molar-refractivity contribution in [3.8, 4) is 5.88 Å². The van der Waals surface area contributed by atoms with Crippen LogP contribution >= 0.6 is 0 Å². The first-order valence-electron chi connectivity index (χ1n) is 5.22. The first-order chi connectivity index (χ1) is 8.89. The third kappa shape index (κ3) is 4.51. The molecule has 1 heterocycles. The molecule has 0 radical (unpaired) electrons. The van der Waals surface area contributed by atoms with Gasteiger partial charge in [-0.1, -0.05) is 0 Å². The average molecular weight is 283 g/mol. The molecule has 0 saturated heterocycles. The minimum atomic E-state index is -4.23. The van der Waals surface area contributed by atoms with E-state index in [-0.39, 0.29) is 18.3 Å². The molecule has 0 aliphatic carbocycles. The molecule has 5 nitrogen and oxygen atoms in total. The second kappa shape index (κ2) is 6.50. The predicted molar refractivity (Wildman–Crippen MR) is 58.7 cm³/mol. The lowest BCUT2D eigenvalue weighted by Gasteiger charge is -2.16. The Bertz CT molecular complexity index is 418. The monoisotopic (exact) mass is 283 g/mol. The van der Waals surface area contributed by atoms with Crippen LogP contribution in [0, 0.1) is 0 Å². The summed E-state index contributed by atoms with van der Waals surface area (Å²) in [6.45, 7) is -1.42. The number of nitrogens with one attached hydrogen (secondary N) is 1. The summed E-state index contributed by atoms with van der Waals surface area (Å²) in [5.74, 6) is -3.97. The molecule has 0 aliphatic heterocycles. The Labute approximate surface area is 106 Å². The Hall–Kier alpha value is -1.64. The van der Waals surface area contributed by atoms with E-state index >= 15 is 0 Å². The summed E-state index contributed by atoms with van der Waals surface area (Å²) in [5.41, 5.74) is 0. The van der Waals surface area contributed by atoms with Crippen LogP contribution in [0.5, 0.6) is 5.88 Å². The number of rotatable bonds is 7. The maximum atomic E-state index is 12.7. The highest BCUT2D eigenvalue weighted by Gasteiger charge is 2.41. The third-order valence-corrected chi connectivity index (χ3v) is 2.01. The Balaban J connectivity index is 2.80. The van der Waals surface area contributed by atoms with Crippen LogP contribution in [0.25, 0.3) is 0 Å². The van der Waals surface area contributed by atoms with Crippen molar-refractivity contribution >= 4 is 5.82 Å². The first kappa shape index (κ1) is 15.4. The fourth-order valence-electron chi connectivity index (χ4n) is 1.10. The molecule has 19 heavy (non-hydrogen) atoms. The van der Waals surface area contributed by atoms with Crippen LogP contribution in [0.1, 0.15) is 5.82 Å². The number of hydrogen-bond acceptors (Lipinski definition) is 5. The van der Waals surface area contributed by atoms with Gasteiger partial charge in [0.2, 0.25) is 5.88 Å². The highest BCUT2D eigenvalue weighted by atomic mass is 19.3. The van der Waals surface area contributed by atoms with E-state index in [1.54, 1.807) is 7.05 Å². The van der Waals surface area contributed by atoms with Crippen LogP contribution in [-0.4, -0.2) is 43.1 Å². The highest BCUT2D eigenvalue weighted by Crippen LogP contribution is 2.24. The second-order valence-electron chi connectivity index (χ2n) is 3.54. The molecular formula is C10H13F4N3O2. The number of ether oxygens (including phenoxy) is 2. The van der Waals surface area contributed by atoms with E-state index in [0.29, 0.717) is 5.82 Å². The quantitative estimate of drug-likeness (QED) is 0.775. The van der Waals surface area contributed by atoms with Crippen LogP contribution in [0.15, 0.2) is 6.07 Å². The van der Waals surface area contributed by atoms with Gasteiger partial charge in [0.1, 0.15) is 12.4 Å². The topological polar surface area (TPSA) is 56.3 Å². The maximum absolute atomic E-state index is 12.7. The third-order valence-electron chi connectivity index (χ3n) is 2.01. The fraction of sp³-hybridized carbons (Fsp3) is 0.600. The van der Waals surface area contributed by atoms with Gasteiger partial charge in [-0.15, -0.1) is 0 Å². The van der Waals surface area contributed by atoms with Crippen LogP contribution in [0.2, 0.25) is 0 Å². The highest BCUT2D eigenvalue weighted by molar-refractivity contribution is 5.37. The number of anilines is 1. The standard InChI is InChI=1S/C10H13F4N3O2/c1-15-6-3-8(17-7(16-6)4-18-2)19-5-10(13,14)9(11)12/h3,9H,4-5H2,1-2H3,(H,15,16,17). The van der Waals surface area contributed by atoms with Crippen molar-refractivity contribution < 1.29 is 27.0 Å². The Morgan fingerprint density at radius 1 is 1.37 bits per heavy atom.